The van der Waals surface area contributed by atoms with Crippen molar-refractivity contribution in [1.29, 1.82) is 0 Å². The van der Waals surface area contributed by atoms with Crippen molar-refractivity contribution in [2.24, 2.45) is 4.99 Å². The zero-order chi connectivity index (χ0) is 18.6. The Kier molecular flexibility index (Phi) is 4.61. The standard InChI is InChI=1S/C21H20N4O2/c1-15(26)22-21-23-20-19(8-5-13-25(20)24-21)17-9-11-18(12-10-17)27-14-16-6-3-2-4-7-16/h2-13,20H,14H2,1H3,(H2,22,23,24,26). The minimum atomic E-state index is -0.215. The summed E-state index contributed by atoms with van der Waals surface area (Å²) in [4.78, 5) is 15.8. The fourth-order valence-corrected chi connectivity index (χ4v) is 3.02. The highest BCUT2D eigenvalue weighted by atomic mass is 16.5. The smallest absolute Gasteiger partial charge is 0.223 e. The molecule has 1 amide bonds. The van der Waals surface area contributed by atoms with Crippen molar-refractivity contribution in [3.8, 4) is 5.75 Å². The molecule has 2 aliphatic rings. The molecule has 1 unspecified atom stereocenters. The number of hydrazine groups is 1. The van der Waals surface area contributed by atoms with Gasteiger partial charge in [-0.2, -0.15) is 0 Å². The maximum Gasteiger partial charge on any atom is 0.223 e. The number of allylic oxidation sites excluding steroid dienone is 2. The molecule has 2 heterocycles. The zero-order valence-corrected chi connectivity index (χ0v) is 14.9. The molecular formula is C21H20N4O2. The lowest BCUT2D eigenvalue weighted by molar-refractivity contribution is -0.117. The molecule has 0 spiro atoms. The van der Waals surface area contributed by atoms with Gasteiger partial charge in [0.2, 0.25) is 11.9 Å². The molecule has 2 aromatic carbocycles. The van der Waals surface area contributed by atoms with Crippen LogP contribution in [0.2, 0.25) is 0 Å². The third-order valence-electron chi connectivity index (χ3n) is 4.28. The van der Waals surface area contributed by atoms with Gasteiger partial charge < -0.3 is 4.74 Å². The Morgan fingerprint density at radius 1 is 1.19 bits per heavy atom. The number of rotatable bonds is 4. The number of guanidine groups is 1. The third kappa shape index (κ3) is 3.84. The van der Waals surface area contributed by atoms with Crippen LogP contribution in [0, 0.1) is 0 Å². The molecular weight excluding hydrogens is 340 g/mol. The number of carbonyl (C=O) groups is 1. The summed E-state index contributed by atoms with van der Waals surface area (Å²) in [5.74, 6) is 1.11. The first-order valence-electron chi connectivity index (χ1n) is 8.75. The van der Waals surface area contributed by atoms with Crippen LogP contribution in [0.3, 0.4) is 0 Å². The van der Waals surface area contributed by atoms with E-state index in [4.69, 9.17) is 4.74 Å². The quantitative estimate of drug-likeness (QED) is 0.880. The number of benzene rings is 2. The highest BCUT2D eigenvalue weighted by molar-refractivity contribution is 5.97. The number of nitrogens with zero attached hydrogens (tertiary/aromatic N) is 2. The third-order valence-corrected chi connectivity index (χ3v) is 4.28. The second-order valence-corrected chi connectivity index (χ2v) is 6.31. The fraction of sp³-hybridized carbons (Fsp3) is 0.143. The molecule has 2 aromatic rings. The van der Waals surface area contributed by atoms with Crippen LogP contribution in [0.4, 0.5) is 0 Å². The van der Waals surface area contributed by atoms with Crippen LogP contribution in [0.1, 0.15) is 18.1 Å². The molecule has 0 aliphatic carbocycles. The minimum Gasteiger partial charge on any atom is -0.489 e. The summed E-state index contributed by atoms with van der Waals surface area (Å²) in [6.07, 6.45) is 5.66. The lowest BCUT2D eigenvalue weighted by atomic mass is 10.0. The first kappa shape index (κ1) is 16.9. The van der Waals surface area contributed by atoms with E-state index in [1.165, 1.54) is 6.92 Å². The van der Waals surface area contributed by atoms with Crippen LogP contribution in [0.15, 0.2) is 77.9 Å². The topological polar surface area (TPSA) is 66.0 Å². The van der Waals surface area contributed by atoms with E-state index in [1.807, 2.05) is 78.0 Å². The van der Waals surface area contributed by atoms with Crippen molar-refractivity contribution in [1.82, 2.24) is 15.8 Å². The van der Waals surface area contributed by atoms with Crippen LogP contribution in [0.25, 0.3) is 5.57 Å². The van der Waals surface area contributed by atoms with E-state index in [0.29, 0.717) is 12.6 Å². The van der Waals surface area contributed by atoms with Gasteiger partial charge in [-0.1, -0.05) is 48.5 Å². The Bertz CT molecular complexity index is 917. The Labute approximate surface area is 157 Å². The van der Waals surface area contributed by atoms with Gasteiger partial charge in [-0.25, -0.2) is 4.99 Å². The molecule has 6 nitrogen and oxygen atoms in total. The van der Waals surface area contributed by atoms with Gasteiger partial charge in [-0.15, -0.1) is 0 Å². The Balaban J connectivity index is 1.46. The summed E-state index contributed by atoms with van der Waals surface area (Å²) in [5.41, 5.74) is 6.30. The molecule has 6 heteroatoms. The number of fused-ring (bicyclic) bond motifs is 1. The van der Waals surface area contributed by atoms with Gasteiger partial charge in [0.15, 0.2) is 6.17 Å². The van der Waals surface area contributed by atoms with Crippen molar-refractivity contribution in [3.63, 3.8) is 0 Å². The van der Waals surface area contributed by atoms with Crippen LogP contribution in [-0.2, 0) is 11.4 Å². The van der Waals surface area contributed by atoms with Gasteiger partial charge in [0.1, 0.15) is 12.4 Å². The van der Waals surface area contributed by atoms with Crippen molar-refractivity contribution in [2.75, 3.05) is 0 Å². The lowest BCUT2D eigenvalue weighted by Gasteiger charge is -2.26. The average molecular weight is 360 g/mol. The maximum atomic E-state index is 11.3. The normalized spacial score (nSPS) is 17.5. The number of aliphatic imine (C=N–C) groups is 1. The van der Waals surface area contributed by atoms with Crippen LogP contribution < -0.4 is 15.5 Å². The zero-order valence-electron chi connectivity index (χ0n) is 14.9. The summed E-state index contributed by atoms with van der Waals surface area (Å²) in [6, 6.07) is 18.0. The second kappa shape index (κ2) is 7.37. The van der Waals surface area contributed by atoms with E-state index >= 15 is 0 Å². The fourth-order valence-electron chi connectivity index (χ4n) is 3.02. The number of nitrogens with one attached hydrogen (secondary N) is 2. The van der Waals surface area contributed by atoms with Gasteiger partial charge in [0.25, 0.3) is 0 Å². The molecule has 1 atom stereocenters. The van der Waals surface area contributed by atoms with E-state index in [9.17, 15) is 4.79 Å². The van der Waals surface area contributed by atoms with E-state index < -0.39 is 0 Å². The minimum absolute atomic E-state index is 0.157. The largest absolute Gasteiger partial charge is 0.489 e. The first-order valence-corrected chi connectivity index (χ1v) is 8.75. The van der Waals surface area contributed by atoms with Crippen molar-refractivity contribution in [2.45, 2.75) is 19.7 Å². The highest BCUT2D eigenvalue weighted by Crippen LogP contribution is 2.29. The maximum absolute atomic E-state index is 11.3. The van der Waals surface area contributed by atoms with Gasteiger partial charge in [-0.05, 0) is 29.3 Å². The Hall–Kier alpha value is -3.54. The van der Waals surface area contributed by atoms with Crippen LogP contribution in [-0.4, -0.2) is 23.0 Å². The predicted molar refractivity (Wildman–Crippen MR) is 104 cm³/mol. The number of hydrogen-bond acceptors (Lipinski definition) is 5. The summed E-state index contributed by atoms with van der Waals surface area (Å²) >= 11 is 0. The summed E-state index contributed by atoms with van der Waals surface area (Å²) < 4.78 is 5.85. The molecule has 2 N–H and O–H groups in total. The summed E-state index contributed by atoms with van der Waals surface area (Å²) in [6.45, 7) is 2.00. The molecule has 0 saturated carbocycles. The monoisotopic (exact) mass is 360 g/mol. The summed E-state index contributed by atoms with van der Waals surface area (Å²) in [5, 5.41) is 4.55. The Morgan fingerprint density at radius 3 is 2.70 bits per heavy atom. The average Bonchev–Trinajstić information content (AvgIpc) is 3.09. The van der Waals surface area contributed by atoms with Gasteiger partial charge in [0, 0.05) is 18.7 Å². The molecule has 0 radical (unpaired) electrons. The highest BCUT2D eigenvalue weighted by Gasteiger charge is 2.29. The molecule has 0 saturated heterocycles. The van der Waals surface area contributed by atoms with E-state index in [0.717, 1.165) is 22.4 Å². The predicted octanol–water partition coefficient (Wildman–Crippen LogP) is 2.81. The Morgan fingerprint density at radius 2 is 1.96 bits per heavy atom. The molecule has 136 valence electrons. The molecule has 0 aromatic heterocycles. The summed E-state index contributed by atoms with van der Waals surface area (Å²) in [7, 11) is 0. The van der Waals surface area contributed by atoms with E-state index in [2.05, 4.69) is 15.7 Å². The number of carbonyl (C=O) groups excluding carboxylic acids is 1. The molecule has 2 aliphatic heterocycles. The van der Waals surface area contributed by atoms with Gasteiger partial charge in [0.05, 0.1) is 0 Å². The van der Waals surface area contributed by atoms with E-state index in [-0.39, 0.29) is 12.1 Å². The first-order chi connectivity index (χ1) is 13.2. The van der Waals surface area contributed by atoms with Crippen molar-refractivity contribution in [3.05, 3.63) is 84.1 Å². The van der Waals surface area contributed by atoms with Crippen LogP contribution in [0.5, 0.6) is 5.75 Å². The van der Waals surface area contributed by atoms with Crippen molar-refractivity contribution < 1.29 is 9.53 Å². The van der Waals surface area contributed by atoms with Gasteiger partial charge in [-0.3, -0.25) is 20.5 Å². The van der Waals surface area contributed by atoms with Crippen LogP contribution >= 0.6 is 0 Å². The number of hydrogen-bond donors (Lipinski definition) is 2. The molecule has 0 bridgehead atoms. The number of ether oxygens (including phenoxy) is 1. The second-order valence-electron chi connectivity index (χ2n) is 6.31. The van der Waals surface area contributed by atoms with E-state index in [1.54, 1.807) is 0 Å². The van der Waals surface area contributed by atoms with Crippen molar-refractivity contribution >= 4 is 17.4 Å². The molecule has 0 fully saturated rings. The molecule has 4 rings (SSSR count). The SMILES string of the molecule is CC(=O)NC1=NC2C(c3ccc(OCc4ccccc4)cc3)=CC=CN2N1. The lowest BCUT2D eigenvalue weighted by Crippen LogP contribution is -2.44. The number of amides is 1. The molecule has 27 heavy (non-hydrogen) atoms. The van der Waals surface area contributed by atoms with Gasteiger partial charge >= 0.3 is 0 Å².